The Morgan fingerprint density at radius 2 is 1.96 bits per heavy atom. The number of carbonyl (C=O) groups excluding carboxylic acids is 1. The van der Waals surface area contributed by atoms with Crippen LogP contribution in [0.2, 0.25) is 0 Å². The number of fused-ring (bicyclic) bond motifs is 1. The van der Waals surface area contributed by atoms with Gasteiger partial charge in [0.25, 0.3) is 0 Å². The van der Waals surface area contributed by atoms with Gasteiger partial charge in [0.1, 0.15) is 6.54 Å². The maximum atomic E-state index is 13.2. The summed E-state index contributed by atoms with van der Waals surface area (Å²) in [5.41, 5.74) is 0. The standard InChI is InChI=1S/C18H25NO5S/c1-2-24-18(20)12-19(25(21,22)17-6-4-3-5-7-17)16-10-14-8-9-23-13-15(14)11-16/h3-7,14-16H,2,8-13H2,1H3/t14-,15-,16+/m1/s1. The fourth-order valence-electron chi connectivity index (χ4n) is 3.91. The third kappa shape index (κ3) is 4.04. The molecule has 0 unspecified atom stereocenters. The van der Waals surface area contributed by atoms with E-state index in [2.05, 4.69) is 0 Å². The lowest BCUT2D eigenvalue weighted by atomic mass is 9.92. The molecule has 6 nitrogen and oxygen atoms in total. The molecule has 2 fully saturated rings. The minimum atomic E-state index is -3.75. The highest BCUT2D eigenvalue weighted by molar-refractivity contribution is 7.89. The van der Waals surface area contributed by atoms with E-state index in [0.29, 0.717) is 18.4 Å². The van der Waals surface area contributed by atoms with Gasteiger partial charge in [-0.05, 0) is 50.2 Å². The van der Waals surface area contributed by atoms with Gasteiger partial charge in [0, 0.05) is 19.3 Å². The van der Waals surface area contributed by atoms with Crippen LogP contribution < -0.4 is 0 Å². The van der Waals surface area contributed by atoms with Crippen LogP contribution in [-0.2, 0) is 24.3 Å². The number of sulfonamides is 1. The van der Waals surface area contributed by atoms with Gasteiger partial charge in [-0.3, -0.25) is 4.79 Å². The number of nitrogens with zero attached hydrogens (tertiary/aromatic N) is 1. The third-order valence-corrected chi connectivity index (χ3v) is 7.04. The van der Waals surface area contributed by atoms with Gasteiger partial charge in [-0.25, -0.2) is 8.42 Å². The minimum absolute atomic E-state index is 0.189. The first-order valence-corrected chi connectivity index (χ1v) is 10.3. The number of hydrogen-bond donors (Lipinski definition) is 0. The molecule has 0 bridgehead atoms. The molecule has 0 N–H and O–H groups in total. The summed E-state index contributed by atoms with van der Waals surface area (Å²) in [5.74, 6) is 0.331. The summed E-state index contributed by atoms with van der Waals surface area (Å²) in [6, 6.07) is 8.11. The van der Waals surface area contributed by atoms with Crippen molar-refractivity contribution in [3.05, 3.63) is 30.3 Å². The van der Waals surface area contributed by atoms with Crippen molar-refractivity contribution < 1.29 is 22.7 Å². The molecule has 1 saturated carbocycles. The molecule has 138 valence electrons. The smallest absolute Gasteiger partial charge is 0.321 e. The van der Waals surface area contributed by atoms with E-state index in [0.717, 1.165) is 25.9 Å². The van der Waals surface area contributed by atoms with Crippen molar-refractivity contribution in [3.63, 3.8) is 0 Å². The highest BCUT2D eigenvalue weighted by Crippen LogP contribution is 2.40. The second-order valence-corrected chi connectivity index (χ2v) is 8.57. The van der Waals surface area contributed by atoms with E-state index in [1.54, 1.807) is 37.3 Å². The highest BCUT2D eigenvalue weighted by Gasteiger charge is 2.43. The van der Waals surface area contributed by atoms with Crippen LogP contribution in [-0.4, -0.2) is 51.1 Å². The summed E-state index contributed by atoms with van der Waals surface area (Å²) >= 11 is 0. The van der Waals surface area contributed by atoms with Gasteiger partial charge >= 0.3 is 5.97 Å². The van der Waals surface area contributed by atoms with Crippen molar-refractivity contribution in [2.24, 2.45) is 11.8 Å². The van der Waals surface area contributed by atoms with E-state index in [1.165, 1.54) is 4.31 Å². The number of rotatable bonds is 6. The molecule has 1 aliphatic heterocycles. The van der Waals surface area contributed by atoms with E-state index >= 15 is 0 Å². The van der Waals surface area contributed by atoms with Crippen molar-refractivity contribution in [1.82, 2.24) is 4.31 Å². The Bertz CT molecular complexity index is 677. The van der Waals surface area contributed by atoms with Crippen LogP contribution in [0.1, 0.15) is 26.2 Å². The summed E-state index contributed by atoms with van der Waals surface area (Å²) < 4.78 is 38.2. The predicted molar refractivity (Wildman–Crippen MR) is 92.4 cm³/mol. The Hall–Kier alpha value is -1.44. The average molecular weight is 367 g/mol. The maximum absolute atomic E-state index is 13.2. The van der Waals surface area contributed by atoms with Crippen LogP contribution in [0.3, 0.4) is 0 Å². The second-order valence-electron chi connectivity index (χ2n) is 6.68. The lowest BCUT2D eigenvalue weighted by Crippen LogP contribution is -2.43. The van der Waals surface area contributed by atoms with Gasteiger partial charge in [-0.1, -0.05) is 18.2 Å². The largest absolute Gasteiger partial charge is 0.465 e. The molecule has 1 saturated heterocycles. The maximum Gasteiger partial charge on any atom is 0.321 e. The zero-order chi connectivity index (χ0) is 17.9. The Morgan fingerprint density at radius 3 is 2.64 bits per heavy atom. The Labute approximate surface area is 149 Å². The van der Waals surface area contributed by atoms with Crippen LogP contribution >= 0.6 is 0 Å². The number of benzene rings is 1. The summed E-state index contributed by atoms with van der Waals surface area (Å²) in [6.07, 6.45) is 2.47. The predicted octanol–water partition coefficient (Wildman–Crippen LogP) is 2.06. The SMILES string of the molecule is CCOC(=O)CN([C@H]1C[C@H]2CCOC[C@H]2C1)S(=O)(=O)c1ccccc1. The van der Waals surface area contributed by atoms with Crippen molar-refractivity contribution in [2.45, 2.75) is 37.1 Å². The molecule has 0 radical (unpaired) electrons. The minimum Gasteiger partial charge on any atom is -0.465 e. The Kier molecular flexibility index (Phi) is 5.76. The molecule has 3 rings (SSSR count). The van der Waals surface area contributed by atoms with Gasteiger partial charge in [0.2, 0.25) is 10.0 Å². The lowest BCUT2D eigenvalue weighted by Gasteiger charge is -2.27. The van der Waals surface area contributed by atoms with E-state index in [1.807, 2.05) is 0 Å². The molecule has 1 aromatic rings. The molecule has 2 aliphatic rings. The number of hydrogen-bond acceptors (Lipinski definition) is 5. The second kappa shape index (κ2) is 7.85. The highest BCUT2D eigenvalue weighted by atomic mass is 32.2. The monoisotopic (exact) mass is 367 g/mol. The Morgan fingerprint density at radius 1 is 1.24 bits per heavy atom. The Balaban J connectivity index is 1.86. The summed E-state index contributed by atoms with van der Waals surface area (Å²) in [7, 11) is -3.75. The number of carbonyl (C=O) groups is 1. The van der Waals surface area contributed by atoms with Crippen molar-refractivity contribution in [3.8, 4) is 0 Å². The molecule has 1 heterocycles. The van der Waals surface area contributed by atoms with E-state index in [-0.39, 0.29) is 24.1 Å². The molecule has 25 heavy (non-hydrogen) atoms. The molecule has 0 aromatic heterocycles. The van der Waals surface area contributed by atoms with Crippen LogP contribution in [0.25, 0.3) is 0 Å². The molecule has 1 aliphatic carbocycles. The summed E-state index contributed by atoms with van der Waals surface area (Å²) in [4.78, 5) is 12.3. The fraction of sp³-hybridized carbons (Fsp3) is 0.611. The molecule has 0 spiro atoms. The van der Waals surface area contributed by atoms with Gasteiger partial charge in [-0.15, -0.1) is 0 Å². The zero-order valence-corrected chi connectivity index (χ0v) is 15.3. The molecule has 7 heteroatoms. The van der Waals surface area contributed by atoms with Crippen molar-refractivity contribution in [1.29, 1.82) is 0 Å². The first-order chi connectivity index (χ1) is 12.0. The van der Waals surface area contributed by atoms with Gasteiger partial charge < -0.3 is 9.47 Å². The lowest BCUT2D eigenvalue weighted by molar-refractivity contribution is -0.143. The average Bonchev–Trinajstić information content (AvgIpc) is 3.04. The number of esters is 1. The normalized spacial score (nSPS) is 26.4. The van der Waals surface area contributed by atoms with Crippen molar-refractivity contribution in [2.75, 3.05) is 26.4 Å². The van der Waals surface area contributed by atoms with E-state index in [9.17, 15) is 13.2 Å². The van der Waals surface area contributed by atoms with Crippen molar-refractivity contribution >= 4 is 16.0 Å². The molecular formula is C18H25NO5S. The van der Waals surface area contributed by atoms with Crippen LogP contribution in [0, 0.1) is 11.8 Å². The molecule has 1 aromatic carbocycles. The van der Waals surface area contributed by atoms with Gasteiger partial charge in [0.15, 0.2) is 0 Å². The third-order valence-electron chi connectivity index (χ3n) is 5.13. The fourth-order valence-corrected chi connectivity index (χ4v) is 5.53. The van der Waals surface area contributed by atoms with Gasteiger partial charge in [-0.2, -0.15) is 4.31 Å². The first-order valence-electron chi connectivity index (χ1n) is 8.82. The van der Waals surface area contributed by atoms with Crippen LogP contribution in [0.4, 0.5) is 0 Å². The van der Waals surface area contributed by atoms with Crippen LogP contribution in [0.5, 0.6) is 0 Å². The first kappa shape index (κ1) is 18.4. The molecule has 0 amide bonds. The zero-order valence-electron chi connectivity index (χ0n) is 14.5. The van der Waals surface area contributed by atoms with E-state index in [4.69, 9.17) is 9.47 Å². The van der Waals surface area contributed by atoms with Gasteiger partial charge in [0.05, 0.1) is 11.5 Å². The summed E-state index contributed by atoms with van der Waals surface area (Å²) in [5, 5.41) is 0. The molecule has 3 atom stereocenters. The van der Waals surface area contributed by atoms with Crippen LogP contribution in [0.15, 0.2) is 35.2 Å². The topological polar surface area (TPSA) is 72.9 Å². The number of ether oxygens (including phenoxy) is 2. The molecular weight excluding hydrogens is 342 g/mol. The summed E-state index contributed by atoms with van der Waals surface area (Å²) in [6.45, 7) is 3.13. The van der Waals surface area contributed by atoms with E-state index < -0.39 is 16.0 Å². The quantitative estimate of drug-likeness (QED) is 0.720.